The molecule has 0 aliphatic carbocycles. The van der Waals surface area contributed by atoms with Crippen LogP contribution in [0.2, 0.25) is 0 Å². The second-order valence-corrected chi connectivity index (χ2v) is 5.01. The van der Waals surface area contributed by atoms with Crippen LogP contribution in [0.15, 0.2) is 24.3 Å². The Kier molecular flexibility index (Phi) is 4.46. The van der Waals surface area contributed by atoms with Crippen LogP contribution in [0.25, 0.3) is 0 Å². The van der Waals surface area contributed by atoms with Crippen LogP contribution in [0.3, 0.4) is 0 Å². The Bertz CT molecular complexity index is 399. The summed E-state index contributed by atoms with van der Waals surface area (Å²) in [4.78, 5) is 2.45. The predicted molar refractivity (Wildman–Crippen MR) is 75.8 cm³/mol. The lowest BCUT2D eigenvalue weighted by molar-refractivity contribution is 0.578. The monoisotopic (exact) mass is 243 g/mol. The fourth-order valence-corrected chi connectivity index (χ4v) is 2.26. The van der Waals surface area contributed by atoms with Gasteiger partial charge in [0.1, 0.15) is 0 Å². The summed E-state index contributed by atoms with van der Waals surface area (Å²) < 4.78 is 0. The van der Waals surface area contributed by atoms with E-state index in [1.54, 1.807) is 0 Å². The second kappa shape index (κ2) is 6.30. The molecule has 1 atom stereocenters. The Morgan fingerprint density at radius 3 is 2.50 bits per heavy atom. The van der Waals surface area contributed by atoms with E-state index in [0.717, 1.165) is 5.69 Å². The highest BCUT2D eigenvalue weighted by Crippen LogP contribution is 2.21. The Hall–Kier alpha value is -1.69. The van der Waals surface area contributed by atoms with Crippen molar-refractivity contribution < 1.29 is 0 Å². The number of piperidine rings is 1. The lowest BCUT2D eigenvalue weighted by atomic mass is 10.1. The fraction of sp³-hybridized carbons (Fsp3) is 0.533. The molecule has 1 aliphatic rings. The third kappa shape index (κ3) is 3.40. The molecule has 1 aromatic rings. The Labute approximate surface area is 109 Å². The van der Waals surface area contributed by atoms with E-state index < -0.39 is 0 Å². The average Bonchev–Trinajstić information content (AvgIpc) is 2.46. The molecule has 1 saturated heterocycles. The van der Waals surface area contributed by atoms with Gasteiger partial charge in [0.05, 0.1) is 12.0 Å². The quantitative estimate of drug-likeness (QED) is 0.882. The van der Waals surface area contributed by atoms with Crippen molar-refractivity contribution in [1.82, 2.24) is 0 Å². The molecule has 0 radical (unpaired) electrons. The van der Waals surface area contributed by atoms with Gasteiger partial charge in [0.25, 0.3) is 0 Å². The Morgan fingerprint density at radius 2 is 1.89 bits per heavy atom. The van der Waals surface area contributed by atoms with Crippen molar-refractivity contribution in [3.63, 3.8) is 0 Å². The molecule has 1 unspecified atom stereocenters. The van der Waals surface area contributed by atoms with E-state index in [9.17, 15) is 0 Å². The first kappa shape index (κ1) is 12.8. The molecule has 96 valence electrons. The predicted octanol–water partition coefficient (Wildman–Crippen LogP) is 3.25. The van der Waals surface area contributed by atoms with Gasteiger partial charge in [-0.25, -0.2) is 0 Å². The topological polar surface area (TPSA) is 39.1 Å². The summed E-state index contributed by atoms with van der Waals surface area (Å²) in [5.41, 5.74) is 2.41. The lowest BCUT2D eigenvalue weighted by Crippen LogP contribution is -2.29. The summed E-state index contributed by atoms with van der Waals surface area (Å²) in [7, 11) is 0. The molecule has 1 aliphatic heterocycles. The van der Waals surface area contributed by atoms with Crippen LogP contribution < -0.4 is 10.2 Å². The molecule has 1 fully saturated rings. The molecule has 18 heavy (non-hydrogen) atoms. The summed E-state index contributed by atoms with van der Waals surface area (Å²) in [6, 6.07) is 10.8. The summed E-state index contributed by atoms with van der Waals surface area (Å²) in [5.74, 6) is 0.0479. The third-order valence-corrected chi connectivity index (χ3v) is 3.42. The molecule has 1 N–H and O–H groups in total. The van der Waals surface area contributed by atoms with Gasteiger partial charge in [-0.1, -0.05) is 0 Å². The number of hydrogen-bond acceptors (Lipinski definition) is 3. The van der Waals surface area contributed by atoms with Crippen molar-refractivity contribution in [1.29, 1.82) is 5.26 Å². The van der Waals surface area contributed by atoms with E-state index in [1.165, 1.54) is 38.0 Å². The van der Waals surface area contributed by atoms with Crippen LogP contribution in [-0.2, 0) is 0 Å². The molecule has 0 bridgehead atoms. The SMILES string of the molecule is CC(C#N)CNc1ccc(N2CCCCC2)cc1. The first-order valence-corrected chi connectivity index (χ1v) is 6.78. The van der Waals surface area contributed by atoms with Crippen LogP contribution in [0, 0.1) is 17.2 Å². The molecule has 0 aromatic heterocycles. The van der Waals surface area contributed by atoms with Gasteiger partial charge in [0.15, 0.2) is 0 Å². The number of rotatable bonds is 4. The normalized spacial score (nSPS) is 17.0. The van der Waals surface area contributed by atoms with Crippen molar-refractivity contribution in [2.45, 2.75) is 26.2 Å². The van der Waals surface area contributed by atoms with Crippen LogP contribution in [0.4, 0.5) is 11.4 Å². The maximum Gasteiger partial charge on any atom is 0.0671 e. The van der Waals surface area contributed by atoms with Crippen molar-refractivity contribution in [2.24, 2.45) is 5.92 Å². The maximum atomic E-state index is 8.73. The van der Waals surface area contributed by atoms with Gasteiger partial charge in [-0.2, -0.15) is 5.26 Å². The Morgan fingerprint density at radius 1 is 1.22 bits per heavy atom. The van der Waals surface area contributed by atoms with Crippen LogP contribution >= 0.6 is 0 Å². The zero-order valence-electron chi connectivity index (χ0n) is 11.0. The minimum absolute atomic E-state index is 0.0479. The summed E-state index contributed by atoms with van der Waals surface area (Å²) >= 11 is 0. The molecule has 0 amide bonds. The molecule has 3 nitrogen and oxygen atoms in total. The first-order chi connectivity index (χ1) is 8.79. The largest absolute Gasteiger partial charge is 0.384 e. The average molecular weight is 243 g/mol. The highest BCUT2D eigenvalue weighted by Gasteiger charge is 2.10. The van der Waals surface area contributed by atoms with Gasteiger partial charge in [-0.3, -0.25) is 0 Å². The zero-order chi connectivity index (χ0) is 12.8. The number of benzene rings is 1. The highest BCUT2D eigenvalue weighted by atomic mass is 15.1. The van der Waals surface area contributed by atoms with E-state index in [-0.39, 0.29) is 5.92 Å². The number of nitrogens with zero attached hydrogens (tertiary/aromatic N) is 2. The molecule has 1 aromatic carbocycles. The molecular formula is C15H21N3. The van der Waals surface area contributed by atoms with E-state index in [0.29, 0.717) is 6.54 Å². The molecule has 0 spiro atoms. The standard InChI is InChI=1S/C15H21N3/c1-13(11-16)12-17-14-5-7-15(8-6-14)18-9-3-2-4-10-18/h5-8,13,17H,2-4,9-10,12H2,1H3. The summed E-state index contributed by atoms with van der Waals surface area (Å²) in [5, 5.41) is 12.0. The van der Waals surface area contributed by atoms with E-state index in [2.05, 4.69) is 40.6 Å². The summed E-state index contributed by atoms with van der Waals surface area (Å²) in [6.45, 7) is 4.99. The van der Waals surface area contributed by atoms with Crippen molar-refractivity contribution in [3.8, 4) is 6.07 Å². The van der Waals surface area contributed by atoms with Gasteiger partial charge >= 0.3 is 0 Å². The third-order valence-electron chi connectivity index (χ3n) is 3.42. The zero-order valence-corrected chi connectivity index (χ0v) is 11.0. The number of nitriles is 1. The minimum atomic E-state index is 0.0479. The minimum Gasteiger partial charge on any atom is -0.384 e. The Balaban J connectivity index is 1.90. The second-order valence-electron chi connectivity index (χ2n) is 5.01. The van der Waals surface area contributed by atoms with Gasteiger partial charge < -0.3 is 10.2 Å². The van der Waals surface area contributed by atoms with Gasteiger partial charge in [-0.15, -0.1) is 0 Å². The number of nitrogens with one attached hydrogen (secondary N) is 1. The smallest absolute Gasteiger partial charge is 0.0671 e. The molecule has 2 rings (SSSR count). The van der Waals surface area contributed by atoms with Crippen molar-refractivity contribution in [3.05, 3.63) is 24.3 Å². The van der Waals surface area contributed by atoms with E-state index >= 15 is 0 Å². The van der Waals surface area contributed by atoms with E-state index in [4.69, 9.17) is 5.26 Å². The van der Waals surface area contributed by atoms with Gasteiger partial charge in [0, 0.05) is 31.0 Å². The number of anilines is 2. The van der Waals surface area contributed by atoms with Crippen molar-refractivity contribution in [2.75, 3.05) is 29.9 Å². The lowest BCUT2D eigenvalue weighted by Gasteiger charge is -2.28. The maximum absolute atomic E-state index is 8.73. The van der Waals surface area contributed by atoms with Crippen LogP contribution in [0.5, 0.6) is 0 Å². The summed E-state index contributed by atoms with van der Waals surface area (Å²) in [6.07, 6.45) is 3.97. The van der Waals surface area contributed by atoms with Gasteiger partial charge in [-0.05, 0) is 50.5 Å². The first-order valence-electron chi connectivity index (χ1n) is 6.78. The molecule has 3 heteroatoms. The number of hydrogen-bond donors (Lipinski definition) is 1. The highest BCUT2D eigenvalue weighted by molar-refractivity contribution is 5.55. The molecular weight excluding hydrogens is 222 g/mol. The molecule has 0 saturated carbocycles. The van der Waals surface area contributed by atoms with Gasteiger partial charge in [0.2, 0.25) is 0 Å². The fourth-order valence-electron chi connectivity index (χ4n) is 2.26. The van der Waals surface area contributed by atoms with Crippen LogP contribution in [-0.4, -0.2) is 19.6 Å². The van der Waals surface area contributed by atoms with E-state index in [1.807, 2.05) is 6.92 Å². The van der Waals surface area contributed by atoms with Crippen molar-refractivity contribution >= 4 is 11.4 Å². The van der Waals surface area contributed by atoms with Crippen LogP contribution in [0.1, 0.15) is 26.2 Å². The molecule has 1 heterocycles.